The van der Waals surface area contributed by atoms with Crippen LogP contribution in [0.2, 0.25) is 0 Å². The van der Waals surface area contributed by atoms with Crippen molar-refractivity contribution in [3.8, 4) is 23.6 Å². The maximum Gasteiger partial charge on any atom is 0.168 e. The van der Waals surface area contributed by atoms with Gasteiger partial charge >= 0.3 is 0 Å². The van der Waals surface area contributed by atoms with Crippen LogP contribution >= 0.6 is 0 Å². The van der Waals surface area contributed by atoms with Gasteiger partial charge in [0.2, 0.25) is 0 Å². The molecule has 0 radical (unpaired) electrons. The molecule has 98 valence electrons. The van der Waals surface area contributed by atoms with Gasteiger partial charge < -0.3 is 10.3 Å². The molecule has 0 bridgehead atoms. The molecule has 2 N–H and O–H groups in total. The topological polar surface area (TPSA) is 43.8 Å². The highest BCUT2D eigenvalue weighted by Crippen LogP contribution is 2.29. The lowest BCUT2D eigenvalue weighted by Crippen LogP contribution is -2.05. The molecule has 0 fully saturated rings. The number of halogens is 2. The predicted molar refractivity (Wildman–Crippen MR) is 70.2 cm³/mol. The van der Waals surface area contributed by atoms with Crippen molar-refractivity contribution in [2.45, 2.75) is 19.9 Å². The number of rotatable bonds is 3. The van der Waals surface area contributed by atoms with Gasteiger partial charge in [0, 0.05) is 12.0 Å². The maximum absolute atomic E-state index is 13.8. The average Bonchev–Trinajstić information content (AvgIpc) is 2.71. The van der Waals surface area contributed by atoms with E-state index >= 15 is 0 Å². The Morgan fingerprint density at radius 2 is 2.16 bits per heavy atom. The van der Waals surface area contributed by atoms with Crippen LogP contribution in [0.15, 0.2) is 18.2 Å². The second kappa shape index (κ2) is 5.11. The van der Waals surface area contributed by atoms with E-state index in [4.69, 9.17) is 12.2 Å². The van der Waals surface area contributed by atoms with Crippen LogP contribution in [0.4, 0.5) is 14.6 Å². The van der Waals surface area contributed by atoms with Crippen LogP contribution < -0.4 is 5.73 Å². The zero-order valence-corrected chi connectivity index (χ0v) is 10.5. The van der Waals surface area contributed by atoms with Crippen LogP contribution in [0.1, 0.15) is 12.7 Å². The zero-order valence-electron chi connectivity index (χ0n) is 10.5. The van der Waals surface area contributed by atoms with Gasteiger partial charge in [0.1, 0.15) is 17.3 Å². The van der Waals surface area contributed by atoms with Crippen LogP contribution in [-0.2, 0) is 13.0 Å². The minimum absolute atomic E-state index is 0.0444. The summed E-state index contributed by atoms with van der Waals surface area (Å²) in [6, 6.07) is 3.91. The Morgan fingerprint density at radius 1 is 1.42 bits per heavy atom. The van der Waals surface area contributed by atoms with E-state index in [1.807, 2.05) is 6.92 Å². The monoisotopic (exact) mass is 261 g/mol. The lowest BCUT2D eigenvalue weighted by atomic mass is 10.1. The Balaban J connectivity index is 2.64. The number of benzene rings is 1. The quantitative estimate of drug-likeness (QED) is 0.863. The van der Waals surface area contributed by atoms with E-state index in [1.54, 1.807) is 4.57 Å². The second-order valence-corrected chi connectivity index (χ2v) is 4.01. The van der Waals surface area contributed by atoms with Crippen molar-refractivity contribution < 1.29 is 8.78 Å². The van der Waals surface area contributed by atoms with Crippen molar-refractivity contribution in [2.75, 3.05) is 5.73 Å². The van der Waals surface area contributed by atoms with Crippen molar-refractivity contribution in [1.29, 1.82) is 0 Å². The Labute approximate surface area is 110 Å². The standard InChI is InChI=1S/C14H13F2N3/c1-3-8-19-11(4-2)18-13(14(19)17)9-6-5-7-10(15)12(9)16/h1,5-7H,4,8,17H2,2H3. The number of nitrogens with zero attached hydrogens (tertiary/aromatic N) is 2. The molecule has 0 saturated heterocycles. The van der Waals surface area contributed by atoms with E-state index in [0.29, 0.717) is 12.2 Å². The summed E-state index contributed by atoms with van der Waals surface area (Å²) < 4.78 is 28.7. The molecular formula is C14H13F2N3. The highest BCUT2D eigenvalue weighted by atomic mass is 19.2. The first-order valence-corrected chi connectivity index (χ1v) is 5.82. The molecule has 0 aliphatic rings. The van der Waals surface area contributed by atoms with Gasteiger partial charge in [-0.05, 0) is 12.1 Å². The second-order valence-electron chi connectivity index (χ2n) is 4.01. The first kappa shape index (κ1) is 13.1. The first-order chi connectivity index (χ1) is 9.10. The van der Waals surface area contributed by atoms with Gasteiger partial charge in [-0.2, -0.15) is 0 Å². The molecule has 0 aliphatic heterocycles. The smallest absolute Gasteiger partial charge is 0.168 e. The van der Waals surface area contributed by atoms with Gasteiger partial charge in [-0.3, -0.25) is 0 Å². The molecule has 0 saturated carbocycles. The molecule has 5 heteroatoms. The van der Waals surface area contributed by atoms with Gasteiger partial charge in [-0.25, -0.2) is 13.8 Å². The third-order valence-electron chi connectivity index (χ3n) is 2.86. The Hall–Kier alpha value is -2.35. The highest BCUT2D eigenvalue weighted by Gasteiger charge is 2.19. The summed E-state index contributed by atoms with van der Waals surface area (Å²) in [6.07, 6.45) is 5.87. The number of imidazole rings is 1. The molecule has 19 heavy (non-hydrogen) atoms. The van der Waals surface area contributed by atoms with Gasteiger partial charge in [0.15, 0.2) is 11.6 Å². The fourth-order valence-corrected chi connectivity index (χ4v) is 1.94. The molecule has 2 rings (SSSR count). The van der Waals surface area contributed by atoms with Gasteiger partial charge in [0.25, 0.3) is 0 Å². The number of nitrogens with two attached hydrogens (primary N) is 1. The number of aromatic nitrogens is 2. The molecule has 0 amide bonds. The molecule has 0 unspecified atom stereocenters. The lowest BCUT2D eigenvalue weighted by molar-refractivity contribution is 0.511. The minimum Gasteiger partial charge on any atom is -0.383 e. The lowest BCUT2D eigenvalue weighted by Gasteiger charge is -2.04. The summed E-state index contributed by atoms with van der Waals surface area (Å²) in [6.45, 7) is 2.14. The molecule has 0 spiro atoms. The number of nitrogen functional groups attached to an aromatic ring is 1. The summed E-state index contributed by atoms with van der Waals surface area (Å²) in [7, 11) is 0. The van der Waals surface area contributed by atoms with Gasteiger partial charge in [-0.15, -0.1) is 6.42 Å². The Morgan fingerprint density at radius 3 is 2.79 bits per heavy atom. The molecule has 1 aromatic heterocycles. The maximum atomic E-state index is 13.8. The Bertz CT molecular complexity index is 653. The molecular weight excluding hydrogens is 248 g/mol. The van der Waals surface area contributed by atoms with Crippen molar-refractivity contribution in [3.05, 3.63) is 35.7 Å². The SMILES string of the molecule is C#CCn1c(CC)nc(-c2cccc(F)c2F)c1N. The number of aryl methyl sites for hydroxylation is 1. The van der Waals surface area contributed by atoms with Crippen molar-refractivity contribution in [3.63, 3.8) is 0 Å². The zero-order chi connectivity index (χ0) is 14.0. The van der Waals surface area contributed by atoms with E-state index in [2.05, 4.69) is 10.9 Å². The fraction of sp³-hybridized carbons (Fsp3) is 0.214. The van der Waals surface area contributed by atoms with Crippen molar-refractivity contribution in [2.24, 2.45) is 0 Å². The fourth-order valence-electron chi connectivity index (χ4n) is 1.94. The van der Waals surface area contributed by atoms with Gasteiger partial charge in [0.05, 0.1) is 6.54 Å². The summed E-state index contributed by atoms with van der Waals surface area (Å²) in [5.74, 6) is 1.48. The number of hydrogen-bond acceptors (Lipinski definition) is 2. The summed E-state index contributed by atoms with van der Waals surface area (Å²) in [5, 5.41) is 0. The van der Waals surface area contributed by atoms with E-state index in [9.17, 15) is 8.78 Å². The predicted octanol–water partition coefficient (Wildman–Crippen LogP) is 2.61. The third kappa shape index (κ3) is 2.17. The van der Waals surface area contributed by atoms with E-state index in [1.165, 1.54) is 12.1 Å². The van der Waals surface area contributed by atoms with Crippen LogP contribution in [0.25, 0.3) is 11.3 Å². The van der Waals surface area contributed by atoms with Crippen molar-refractivity contribution >= 4 is 5.82 Å². The largest absolute Gasteiger partial charge is 0.383 e. The molecule has 1 aromatic carbocycles. The highest BCUT2D eigenvalue weighted by molar-refractivity contribution is 5.71. The first-order valence-electron chi connectivity index (χ1n) is 5.82. The number of hydrogen-bond donors (Lipinski definition) is 1. The summed E-state index contributed by atoms with van der Waals surface area (Å²) >= 11 is 0. The van der Waals surface area contributed by atoms with Crippen molar-refractivity contribution in [1.82, 2.24) is 9.55 Å². The van der Waals surface area contributed by atoms with Crippen LogP contribution in [0.3, 0.4) is 0 Å². The third-order valence-corrected chi connectivity index (χ3v) is 2.86. The number of anilines is 1. The van der Waals surface area contributed by atoms with Crippen LogP contribution in [0, 0.1) is 24.0 Å². The molecule has 3 nitrogen and oxygen atoms in total. The molecule has 2 aromatic rings. The summed E-state index contributed by atoms with van der Waals surface area (Å²) in [4.78, 5) is 4.25. The number of terminal acetylenes is 1. The van der Waals surface area contributed by atoms with E-state index < -0.39 is 11.6 Å². The van der Waals surface area contributed by atoms with E-state index in [0.717, 1.165) is 6.07 Å². The normalized spacial score (nSPS) is 10.4. The minimum atomic E-state index is -0.956. The van der Waals surface area contributed by atoms with E-state index in [-0.39, 0.29) is 23.6 Å². The molecule has 0 atom stereocenters. The average molecular weight is 261 g/mol. The van der Waals surface area contributed by atoms with Crippen LogP contribution in [-0.4, -0.2) is 9.55 Å². The van der Waals surface area contributed by atoms with Crippen LogP contribution in [0.5, 0.6) is 0 Å². The molecule has 0 aliphatic carbocycles. The summed E-state index contributed by atoms with van der Waals surface area (Å²) in [5.41, 5.74) is 6.20. The Kier molecular flexibility index (Phi) is 3.52. The molecule has 1 heterocycles. The van der Waals surface area contributed by atoms with Gasteiger partial charge in [-0.1, -0.05) is 18.9 Å².